The number of amides is 2. The summed E-state index contributed by atoms with van der Waals surface area (Å²) in [6, 6.07) is 6.56. The molecule has 0 radical (unpaired) electrons. The average Bonchev–Trinajstić information content (AvgIpc) is 2.62. The van der Waals surface area contributed by atoms with Gasteiger partial charge in [0, 0.05) is 6.54 Å². The van der Waals surface area contributed by atoms with Gasteiger partial charge in [-0.25, -0.2) is 4.39 Å². The van der Waals surface area contributed by atoms with Crippen molar-refractivity contribution < 1.29 is 14.0 Å². The number of benzene rings is 1. The van der Waals surface area contributed by atoms with Gasteiger partial charge >= 0.3 is 0 Å². The normalized spacial score (nSPS) is 12.4. The molecule has 4 N–H and O–H groups in total. The zero-order chi connectivity index (χ0) is 20.9. The SMILES string of the molecule is Cc1ccc(NC(=O)[C@H](CC(C)(C)C)NC(=O)c2cc(CN)ccc2F)nn1. The summed E-state index contributed by atoms with van der Waals surface area (Å²) in [6.07, 6.45) is 0.349. The molecule has 2 rings (SSSR count). The van der Waals surface area contributed by atoms with Crippen LogP contribution in [0.3, 0.4) is 0 Å². The number of hydrogen-bond donors (Lipinski definition) is 3. The highest BCUT2D eigenvalue weighted by Crippen LogP contribution is 2.22. The lowest BCUT2D eigenvalue weighted by molar-refractivity contribution is -0.118. The Morgan fingerprint density at radius 2 is 1.89 bits per heavy atom. The number of carbonyl (C=O) groups excluding carboxylic acids is 2. The van der Waals surface area contributed by atoms with E-state index in [1.807, 2.05) is 20.8 Å². The molecule has 2 amide bonds. The predicted octanol–water partition coefficient (Wildman–Crippen LogP) is 2.56. The number of aryl methyl sites for hydroxylation is 1. The number of carbonyl (C=O) groups is 2. The standard InChI is InChI=1S/C20H26FN5O2/c1-12-5-8-17(26-25-12)24-19(28)16(10-20(2,3)4)23-18(27)14-9-13(11-22)6-7-15(14)21/h5-9,16H,10-11,22H2,1-4H3,(H,23,27)(H,24,26,28)/t16-/m0/s1. The molecule has 1 aromatic heterocycles. The summed E-state index contributed by atoms with van der Waals surface area (Å²) >= 11 is 0. The van der Waals surface area contributed by atoms with Crippen LogP contribution in [0.1, 0.15) is 48.8 Å². The number of rotatable bonds is 6. The van der Waals surface area contributed by atoms with E-state index in [1.54, 1.807) is 19.1 Å². The highest BCUT2D eigenvalue weighted by molar-refractivity contribution is 6.01. The number of nitrogens with two attached hydrogens (primary N) is 1. The lowest BCUT2D eigenvalue weighted by atomic mass is 9.87. The van der Waals surface area contributed by atoms with Crippen LogP contribution in [-0.2, 0) is 11.3 Å². The topological polar surface area (TPSA) is 110 Å². The van der Waals surface area contributed by atoms with Gasteiger partial charge < -0.3 is 16.4 Å². The van der Waals surface area contributed by atoms with Gasteiger partial charge in [0.15, 0.2) is 5.82 Å². The van der Waals surface area contributed by atoms with Crippen molar-refractivity contribution in [3.05, 3.63) is 53.0 Å². The Labute approximate surface area is 163 Å². The highest BCUT2D eigenvalue weighted by Gasteiger charge is 2.28. The second-order valence-electron chi connectivity index (χ2n) is 7.86. The third-order valence-corrected chi connectivity index (χ3v) is 4.00. The van der Waals surface area contributed by atoms with Crippen LogP contribution in [0.25, 0.3) is 0 Å². The van der Waals surface area contributed by atoms with Gasteiger partial charge in [0.2, 0.25) is 5.91 Å². The quantitative estimate of drug-likeness (QED) is 0.706. The summed E-state index contributed by atoms with van der Waals surface area (Å²) in [5.41, 5.74) is 6.50. The van der Waals surface area contributed by atoms with Gasteiger partial charge in [-0.15, -0.1) is 5.10 Å². The van der Waals surface area contributed by atoms with Crippen molar-refractivity contribution in [2.45, 2.75) is 46.7 Å². The minimum atomic E-state index is -0.878. The van der Waals surface area contributed by atoms with Crippen molar-refractivity contribution >= 4 is 17.6 Å². The minimum absolute atomic E-state index is 0.148. The molecule has 0 spiro atoms. The number of hydrogen-bond acceptors (Lipinski definition) is 5. The van der Waals surface area contributed by atoms with E-state index in [4.69, 9.17) is 5.73 Å². The third-order valence-electron chi connectivity index (χ3n) is 4.00. The van der Waals surface area contributed by atoms with Crippen LogP contribution in [0.5, 0.6) is 0 Å². The molecule has 0 aliphatic carbocycles. The fourth-order valence-corrected chi connectivity index (χ4v) is 2.61. The molecule has 2 aromatic rings. The van der Waals surface area contributed by atoms with Gasteiger partial charge in [0.05, 0.1) is 11.3 Å². The first-order valence-corrected chi connectivity index (χ1v) is 8.99. The zero-order valence-corrected chi connectivity index (χ0v) is 16.5. The van der Waals surface area contributed by atoms with E-state index in [0.29, 0.717) is 17.7 Å². The number of halogens is 1. The first-order chi connectivity index (χ1) is 13.1. The molecule has 0 aliphatic rings. The Morgan fingerprint density at radius 3 is 2.46 bits per heavy atom. The average molecular weight is 387 g/mol. The summed E-state index contributed by atoms with van der Waals surface area (Å²) < 4.78 is 14.1. The fraction of sp³-hybridized carbons (Fsp3) is 0.400. The molecule has 8 heteroatoms. The van der Waals surface area contributed by atoms with Gasteiger partial charge in [-0.05, 0) is 48.6 Å². The summed E-state index contributed by atoms with van der Waals surface area (Å²) in [7, 11) is 0. The minimum Gasteiger partial charge on any atom is -0.340 e. The van der Waals surface area contributed by atoms with E-state index < -0.39 is 23.7 Å². The number of aromatic nitrogens is 2. The summed E-state index contributed by atoms with van der Waals surface area (Å²) in [6.45, 7) is 7.80. The van der Waals surface area contributed by atoms with Gasteiger partial charge in [0.25, 0.3) is 5.91 Å². The molecule has 1 atom stereocenters. The van der Waals surface area contributed by atoms with Crippen LogP contribution in [0.2, 0.25) is 0 Å². The Kier molecular flexibility index (Phi) is 6.80. The maximum absolute atomic E-state index is 14.1. The smallest absolute Gasteiger partial charge is 0.254 e. The van der Waals surface area contributed by atoms with Crippen molar-refractivity contribution in [2.75, 3.05) is 5.32 Å². The number of nitrogens with zero attached hydrogens (tertiary/aromatic N) is 2. The molecule has 0 fully saturated rings. The molecule has 0 saturated carbocycles. The van der Waals surface area contributed by atoms with Crippen LogP contribution in [0, 0.1) is 18.2 Å². The summed E-state index contributed by atoms with van der Waals surface area (Å²) in [5.74, 6) is -1.52. The molecule has 150 valence electrons. The Balaban J connectivity index is 2.21. The van der Waals surface area contributed by atoms with Gasteiger partial charge in [-0.2, -0.15) is 5.10 Å². The Hall–Kier alpha value is -2.87. The maximum Gasteiger partial charge on any atom is 0.254 e. The first kappa shape index (κ1) is 21.4. The van der Waals surface area contributed by atoms with Crippen LogP contribution >= 0.6 is 0 Å². The second-order valence-corrected chi connectivity index (χ2v) is 7.86. The van der Waals surface area contributed by atoms with Crippen LogP contribution < -0.4 is 16.4 Å². The van der Waals surface area contributed by atoms with Gasteiger partial charge in [-0.3, -0.25) is 9.59 Å². The molecule has 7 nitrogen and oxygen atoms in total. The Bertz CT molecular complexity index is 847. The molecule has 1 heterocycles. The molecule has 0 bridgehead atoms. The van der Waals surface area contributed by atoms with Gasteiger partial charge in [0.1, 0.15) is 11.9 Å². The lowest BCUT2D eigenvalue weighted by Gasteiger charge is -2.26. The van der Waals surface area contributed by atoms with Crippen molar-refractivity contribution in [3.8, 4) is 0 Å². The molecule has 1 aromatic carbocycles. The molecular formula is C20H26FN5O2. The van der Waals surface area contributed by atoms with E-state index in [2.05, 4.69) is 20.8 Å². The largest absolute Gasteiger partial charge is 0.340 e. The van der Waals surface area contributed by atoms with Crippen molar-refractivity contribution in [2.24, 2.45) is 11.1 Å². The van der Waals surface area contributed by atoms with E-state index in [-0.39, 0.29) is 23.3 Å². The summed E-state index contributed by atoms with van der Waals surface area (Å²) in [5, 5.41) is 13.1. The monoisotopic (exact) mass is 387 g/mol. The van der Waals surface area contributed by atoms with Gasteiger partial charge in [-0.1, -0.05) is 26.8 Å². The van der Waals surface area contributed by atoms with E-state index in [0.717, 1.165) is 0 Å². The predicted molar refractivity (Wildman–Crippen MR) is 105 cm³/mol. The highest BCUT2D eigenvalue weighted by atomic mass is 19.1. The third kappa shape index (κ3) is 6.09. The molecule has 28 heavy (non-hydrogen) atoms. The van der Waals surface area contributed by atoms with Crippen molar-refractivity contribution in [1.29, 1.82) is 0 Å². The van der Waals surface area contributed by atoms with Crippen LogP contribution in [0.4, 0.5) is 10.2 Å². The van der Waals surface area contributed by atoms with Crippen molar-refractivity contribution in [1.82, 2.24) is 15.5 Å². The number of nitrogens with one attached hydrogen (secondary N) is 2. The summed E-state index contributed by atoms with van der Waals surface area (Å²) in [4.78, 5) is 25.4. The van der Waals surface area contributed by atoms with E-state index >= 15 is 0 Å². The van der Waals surface area contributed by atoms with E-state index in [9.17, 15) is 14.0 Å². The molecular weight excluding hydrogens is 361 g/mol. The van der Waals surface area contributed by atoms with Crippen LogP contribution in [0.15, 0.2) is 30.3 Å². The van der Waals surface area contributed by atoms with Crippen LogP contribution in [-0.4, -0.2) is 28.1 Å². The second kappa shape index (κ2) is 8.88. The zero-order valence-electron chi connectivity index (χ0n) is 16.5. The Morgan fingerprint density at radius 1 is 1.18 bits per heavy atom. The molecule has 0 saturated heterocycles. The fourth-order valence-electron chi connectivity index (χ4n) is 2.61. The molecule has 0 unspecified atom stereocenters. The maximum atomic E-state index is 14.1. The molecule has 0 aliphatic heterocycles. The first-order valence-electron chi connectivity index (χ1n) is 8.99. The van der Waals surface area contributed by atoms with E-state index in [1.165, 1.54) is 18.2 Å². The number of anilines is 1. The van der Waals surface area contributed by atoms with Crippen molar-refractivity contribution in [3.63, 3.8) is 0 Å². The lowest BCUT2D eigenvalue weighted by Crippen LogP contribution is -2.46.